The molecule has 0 radical (unpaired) electrons. The van der Waals surface area contributed by atoms with Gasteiger partial charge in [-0.05, 0) is 45.6 Å². The molecule has 2 saturated heterocycles. The lowest BCUT2D eigenvalue weighted by Crippen LogP contribution is -2.35. The summed E-state index contributed by atoms with van der Waals surface area (Å²) in [6, 6.07) is 0.692. The summed E-state index contributed by atoms with van der Waals surface area (Å²) in [6.07, 6.45) is 8.35. The van der Waals surface area contributed by atoms with Crippen LogP contribution in [-0.2, 0) is 9.47 Å². The molecule has 3 atom stereocenters. The Labute approximate surface area is 98.9 Å². The first kappa shape index (κ1) is 12.3. The molecule has 3 unspecified atom stereocenters. The highest BCUT2D eigenvalue weighted by Crippen LogP contribution is 2.19. The number of hydrogen-bond donors (Lipinski definition) is 1. The predicted octanol–water partition coefficient (Wildman–Crippen LogP) is 2.10. The van der Waals surface area contributed by atoms with E-state index in [9.17, 15) is 0 Å². The van der Waals surface area contributed by atoms with Crippen molar-refractivity contribution >= 4 is 0 Å². The molecule has 1 N–H and O–H groups in total. The van der Waals surface area contributed by atoms with Crippen LogP contribution >= 0.6 is 0 Å². The Kier molecular flexibility index (Phi) is 5.07. The molecule has 16 heavy (non-hydrogen) atoms. The van der Waals surface area contributed by atoms with Crippen molar-refractivity contribution in [2.75, 3.05) is 19.8 Å². The second-order valence-corrected chi connectivity index (χ2v) is 5.16. The van der Waals surface area contributed by atoms with E-state index in [1.54, 1.807) is 0 Å². The maximum Gasteiger partial charge on any atom is 0.0813 e. The van der Waals surface area contributed by atoms with Gasteiger partial charge >= 0.3 is 0 Å². The van der Waals surface area contributed by atoms with Crippen molar-refractivity contribution < 1.29 is 9.47 Å². The third-order valence-corrected chi connectivity index (χ3v) is 3.65. The maximum absolute atomic E-state index is 5.71. The van der Waals surface area contributed by atoms with E-state index in [0.29, 0.717) is 18.2 Å². The molecule has 2 rings (SSSR count). The second-order valence-electron chi connectivity index (χ2n) is 5.16. The van der Waals surface area contributed by atoms with Crippen molar-refractivity contribution in [1.29, 1.82) is 0 Å². The van der Waals surface area contributed by atoms with Crippen LogP contribution < -0.4 is 5.32 Å². The minimum Gasteiger partial charge on any atom is -0.379 e. The molecule has 94 valence electrons. The van der Waals surface area contributed by atoms with E-state index < -0.39 is 0 Å². The van der Waals surface area contributed by atoms with Crippen LogP contribution in [0, 0.1) is 0 Å². The molecule has 2 aliphatic rings. The van der Waals surface area contributed by atoms with Gasteiger partial charge in [-0.1, -0.05) is 6.42 Å². The van der Waals surface area contributed by atoms with Gasteiger partial charge in [-0.15, -0.1) is 0 Å². The van der Waals surface area contributed by atoms with Crippen molar-refractivity contribution in [3.63, 3.8) is 0 Å². The molecule has 0 spiro atoms. The first-order valence-electron chi connectivity index (χ1n) is 6.81. The van der Waals surface area contributed by atoms with Gasteiger partial charge in [-0.25, -0.2) is 0 Å². The van der Waals surface area contributed by atoms with Gasteiger partial charge in [0.1, 0.15) is 0 Å². The van der Waals surface area contributed by atoms with Crippen LogP contribution in [0.15, 0.2) is 0 Å². The molecule has 3 heteroatoms. The molecule has 0 amide bonds. The van der Waals surface area contributed by atoms with Crippen LogP contribution in [0.2, 0.25) is 0 Å². The molecular weight excluding hydrogens is 202 g/mol. The van der Waals surface area contributed by atoms with Gasteiger partial charge in [0, 0.05) is 12.6 Å². The third kappa shape index (κ3) is 4.04. The zero-order valence-corrected chi connectivity index (χ0v) is 10.4. The van der Waals surface area contributed by atoms with Crippen molar-refractivity contribution in [3.05, 3.63) is 0 Å². The van der Waals surface area contributed by atoms with Gasteiger partial charge in [0.25, 0.3) is 0 Å². The number of nitrogens with one attached hydrogen (secondary N) is 1. The Balaban J connectivity index is 1.48. The average molecular weight is 227 g/mol. The number of rotatable bonds is 5. The summed E-state index contributed by atoms with van der Waals surface area (Å²) in [5.41, 5.74) is 0. The molecule has 0 aromatic rings. The van der Waals surface area contributed by atoms with Crippen molar-refractivity contribution in [2.45, 2.75) is 63.7 Å². The molecule has 0 saturated carbocycles. The van der Waals surface area contributed by atoms with Crippen molar-refractivity contribution in [3.8, 4) is 0 Å². The van der Waals surface area contributed by atoms with Gasteiger partial charge in [-0.3, -0.25) is 0 Å². The van der Waals surface area contributed by atoms with Crippen LogP contribution in [0.1, 0.15) is 45.4 Å². The van der Waals surface area contributed by atoms with Crippen LogP contribution in [0.25, 0.3) is 0 Å². The second kappa shape index (κ2) is 6.58. The first-order valence-corrected chi connectivity index (χ1v) is 6.81. The Morgan fingerprint density at radius 3 is 2.88 bits per heavy atom. The summed E-state index contributed by atoms with van der Waals surface area (Å²) in [5.74, 6) is 0. The normalized spacial score (nSPS) is 35.4. The summed E-state index contributed by atoms with van der Waals surface area (Å²) in [6.45, 7) is 5.00. The van der Waals surface area contributed by atoms with E-state index in [1.165, 1.54) is 38.6 Å². The topological polar surface area (TPSA) is 30.5 Å². The smallest absolute Gasteiger partial charge is 0.0813 e. The molecule has 2 aliphatic heterocycles. The first-order chi connectivity index (χ1) is 7.84. The Hall–Kier alpha value is -0.120. The summed E-state index contributed by atoms with van der Waals surface area (Å²) in [5, 5.41) is 3.54. The average Bonchev–Trinajstić information content (AvgIpc) is 2.72. The van der Waals surface area contributed by atoms with Crippen LogP contribution in [0.4, 0.5) is 0 Å². The number of piperidine rings is 1. The minimum atomic E-state index is 0.356. The lowest BCUT2D eigenvalue weighted by molar-refractivity contribution is -0.0112. The largest absolute Gasteiger partial charge is 0.379 e. The maximum atomic E-state index is 5.71. The van der Waals surface area contributed by atoms with E-state index in [4.69, 9.17) is 9.47 Å². The fourth-order valence-corrected chi connectivity index (χ4v) is 2.62. The number of hydrogen-bond acceptors (Lipinski definition) is 3. The lowest BCUT2D eigenvalue weighted by atomic mass is 10.0. The molecular formula is C13H25NO2. The summed E-state index contributed by atoms with van der Waals surface area (Å²) in [4.78, 5) is 0. The zero-order chi connectivity index (χ0) is 11.2. The van der Waals surface area contributed by atoms with E-state index in [2.05, 4.69) is 12.2 Å². The highest BCUT2D eigenvalue weighted by atomic mass is 16.5. The molecule has 0 aromatic carbocycles. The fourth-order valence-electron chi connectivity index (χ4n) is 2.62. The van der Waals surface area contributed by atoms with E-state index in [-0.39, 0.29) is 0 Å². The number of ether oxygens (including phenoxy) is 2. The highest BCUT2D eigenvalue weighted by Gasteiger charge is 2.21. The van der Waals surface area contributed by atoms with Gasteiger partial charge in [-0.2, -0.15) is 0 Å². The van der Waals surface area contributed by atoms with Crippen molar-refractivity contribution in [1.82, 2.24) is 5.32 Å². The Morgan fingerprint density at radius 2 is 2.19 bits per heavy atom. The SMILES string of the molecule is CC1CCC(COCCC2CCCCN2)O1. The quantitative estimate of drug-likeness (QED) is 0.730. The summed E-state index contributed by atoms with van der Waals surface area (Å²) < 4.78 is 11.4. The molecule has 0 aliphatic carbocycles. The Morgan fingerprint density at radius 1 is 1.25 bits per heavy atom. The van der Waals surface area contributed by atoms with Crippen LogP contribution in [0.3, 0.4) is 0 Å². The van der Waals surface area contributed by atoms with Gasteiger partial charge in [0.2, 0.25) is 0 Å². The predicted molar refractivity (Wildman–Crippen MR) is 64.6 cm³/mol. The van der Waals surface area contributed by atoms with E-state index in [0.717, 1.165) is 19.6 Å². The van der Waals surface area contributed by atoms with E-state index in [1.807, 2.05) is 0 Å². The van der Waals surface area contributed by atoms with Crippen LogP contribution in [-0.4, -0.2) is 38.0 Å². The molecule has 3 nitrogen and oxygen atoms in total. The summed E-state index contributed by atoms with van der Waals surface area (Å²) >= 11 is 0. The monoisotopic (exact) mass is 227 g/mol. The minimum absolute atomic E-state index is 0.356. The standard InChI is InChI=1S/C13H25NO2/c1-11-5-6-13(16-11)10-15-9-7-12-4-2-3-8-14-12/h11-14H,2-10H2,1H3. The van der Waals surface area contributed by atoms with Crippen LogP contribution in [0.5, 0.6) is 0 Å². The third-order valence-electron chi connectivity index (χ3n) is 3.65. The summed E-state index contributed by atoms with van der Waals surface area (Å²) in [7, 11) is 0. The fraction of sp³-hybridized carbons (Fsp3) is 1.00. The van der Waals surface area contributed by atoms with Gasteiger partial charge in [0.15, 0.2) is 0 Å². The molecule has 2 fully saturated rings. The molecule has 2 heterocycles. The lowest BCUT2D eigenvalue weighted by Gasteiger charge is -2.23. The molecule has 0 aromatic heterocycles. The van der Waals surface area contributed by atoms with Gasteiger partial charge < -0.3 is 14.8 Å². The van der Waals surface area contributed by atoms with Crippen molar-refractivity contribution in [2.24, 2.45) is 0 Å². The molecule has 0 bridgehead atoms. The van der Waals surface area contributed by atoms with E-state index >= 15 is 0 Å². The highest BCUT2D eigenvalue weighted by molar-refractivity contribution is 4.72. The Bertz CT molecular complexity index is 186. The van der Waals surface area contributed by atoms with Gasteiger partial charge in [0.05, 0.1) is 18.8 Å². The zero-order valence-electron chi connectivity index (χ0n) is 10.4.